The average molecular weight is 256 g/mol. The molecule has 90 valence electrons. The van der Waals surface area contributed by atoms with Gasteiger partial charge in [-0.1, -0.05) is 11.6 Å². The number of carbonyl (C=O) groups excluding carboxylic acids is 1. The minimum Gasteiger partial charge on any atom is -0.461 e. The van der Waals surface area contributed by atoms with E-state index in [1.165, 1.54) is 13.1 Å². The second-order valence-electron chi connectivity index (χ2n) is 3.41. The fraction of sp³-hybridized carbons (Fsp3) is 0.300. The fourth-order valence-corrected chi connectivity index (χ4v) is 1.76. The van der Waals surface area contributed by atoms with Crippen molar-refractivity contribution >= 4 is 28.5 Å². The van der Waals surface area contributed by atoms with E-state index in [0.717, 1.165) is 4.68 Å². The van der Waals surface area contributed by atoms with Gasteiger partial charge < -0.3 is 9.72 Å². The first-order chi connectivity index (χ1) is 8.04. The highest BCUT2D eigenvalue weighted by Crippen LogP contribution is 2.19. The Hall–Kier alpha value is -1.82. The molecule has 0 aliphatic carbocycles. The zero-order valence-corrected chi connectivity index (χ0v) is 10.0. The van der Waals surface area contributed by atoms with Crippen LogP contribution in [0.5, 0.6) is 0 Å². The summed E-state index contributed by atoms with van der Waals surface area (Å²) in [7, 11) is 1.48. The maximum atomic E-state index is 11.7. The van der Waals surface area contributed by atoms with Gasteiger partial charge in [-0.05, 0) is 13.0 Å². The molecular weight excluding hydrogens is 246 g/mol. The third-order valence-electron chi connectivity index (χ3n) is 2.28. The van der Waals surface area contributed by atoms with E-state index in [2.05, 4.69) is 10.1 Å². The van der Waals surface area contributed by atoms with Crippen molar-refractivity contribution in [1.29, 1.82) is 0 Å². The molecular formula is C10H10ClN3O3. The van der Waals surface area contributed by atoms with Crippen molar-refractivity contribution in [3.63, 3.8) is 0 Å². The predicted molar refractivity (Wildman–Crippen MR) is 62.3 cm³/mol. The summed E-state index contributed by atoms with van der Waals surface area (Å²) < 4.78 is 5.93. The van der Waals surface area contributed by atoms with Crippen LogP contribution >= 0.6 is 11.6 Å². The number of fused-ring (bicyclic) bond motifs is 1. The molecule has 0 spiro atoms. The zero-order valence-electron chi connectivity index (χ0n) is 9.28. The quantitative estimate of drug-likeness (QED) is 0.815. The number of carbonyl (C=O) groups is 1. The smallest absolute Gasteiger partial charge is 0.354 e. The average Bonchev–Trinajstić information content (AvgIpc) is 2.72. The summed E-state index contributed by atoms with van der Waals surface area (Å²) in [4.78, 5) is 25.9. The van der Waals surface area contributed by atoms with Gasteiger partial charge in [-0.3, -0.25) is 4.79 Å². The molecule has 6 nitrogen and oxygen atoms in total. The first-order valence-electron chi connectivity index (χ1n) is 4.97. The van der Waals surface area contributed by atoms with Crippen molar-refractivity contribution in [2.75, 3.05) is 6.61 Å². The number of aromatic amines is 1. The summed E-state index contributed by atoms with van der Waals surface area (Å²) in [6.45, 7) is 1.96. The lowest BCUT2D eigenvalue weighted by Gasteiger charge is -1.97. The molecule has 0 radical (unpaired) electrons. The highest BCUT2D eigenvalue weighted by molar-refractivity contribution is 6.34. The van der Waals surface area contributed by atoms with Gasteiger partial charge in [-0.15, -0.1) is 0 Å². The minimum atomic E-state index is -0.526. The number of nitrogens with one attached hydrogen (secondary N) is 1. The molecule has 1 N–H and O–H groups in total. The Balaban J connectivity index is 2.65. The van der Waals surface area contributed by atoms with Gasteiger partial charge in [-0.25, -0.2) is 9.48 Å². The predicted octanol–water partition coefficient (Wildman–Crippen LogP) is 1.09. The van der Waals surface area contributed by atoms with Crippen LogP contribution in [0.3, 0.4) is 0 Å². The van der Waals surface area contributed by atoms with Gasteiger partial charge in [0, 0.05) is 12.4 Å². The SMILES string of the molecule is CCOC(=O)c1cc2c(Cl)nn(C)c(=O)c2[nH]1. The lowest BCUT2D eigenvalue weighted by molar-refractivity contribution is 0.0520. The van der Waals surface area contributed by atoms with Crippen LogP contribution in [-0.2, 0) is 11.8 Å². The van der Waals surface area contributed by atoms with E-state index in [1.807, 2.05) is 0 Å². The van der Waals surface area contributed by atoms with E-state index < -0.39 is 5.97 Å². The number of esters is 1. The lowest BCUT2D eigenvalue weighted by Crippen LogP contribution is -2.19. The van der Waals surface area contributed by atoms with E-state index in [4.69, 9.17) is 16.3 Å². The number of aromatic nitrogens is 3. The maximum absolute atomic E-state index is 11.7. The normalized spacial score (nSPS) is 10.8. The van der Waals surface area contributed by atoms with E-state index in [-0.39, 0.29) is 28.5 Å². The summed E-state index contributed by atoms with van der Waals surface area (Å²) in [5.41, 5.74) is 0.0874. The molecule has 0 fully saturated rings. The molecule has 0 saturated carbocycles. The van der Waals surface area contributed by atoms with Crippen molar-refractivity contribution in [1.82, 2.24) is 14.8 Å². The van der Waals surface area contributed by atoms with Crippen LogP contribution in [0.1, 0.15) is 17.4 Å². The first kappa shape index (κ1) is 11.7. The van der Waals surface area contributed by atoms with Gasteiger partial charge in [0.2, 0.25) is 0 Å². The first-order valence-corrected chi connectivity index (χ1v) is 5.35. The third-order valence-corrected chi connectivity index (χ3v) is 2.56. The van der Waals surface area contributed by atoms with Crippen LogP contribution in [-0.4, -0.2) is 27.3 Å². The van der Waals surface area contributed by atoms with Crippen LogP contribution in [0.2, 0.25) is 5.15 Å². The molecule has 0 atom stereocenters. The van der Waals surface area contributed by atoms with Crippen molar-refractivity contribution in [3.05, 3.63) is 27.3 Å². The largest absolute Gasteiger partial charge is 0.461 e. The zero-order chi connectivity index (χ0) is 12.6. The topological polar surface area (TPSA) is 77.0 Å². The number of hydrogen-bond acceptors (Lipinski definition) is 4. The summed E-state index contributed by atoms with van der Waals surface area (Å²) in [5, 5.41) is 4.39. The second-order valence-corrected chi connectivity index (χ2v) is 3.77. The Bertz CT molecular complexity index is 644. The van der Waals surface area contributed by atoms with Crippen LogP contribution in [0.4, 0.5) is 0 Å². The molecule has 2 aromatic rings. The summed E-state index contributed by atoms with van der Waals surface area (Å²) in [6.07, 6.45) is 0. The Labute approximate surface area is 101 Å². The number of rotatable bonds is 2. The van der Waals surface area contributed by atoms with Crippen molar-refractivity contribution < 1.29 is 9.53 Å². The molecule has 7 heteroatoms. The van der Waals surface area contributed by atoms with Gasteiger partial charge in [0.05, 0.1) is 6.61 Å². The molecule has 2 heterocycles. The number of ether oxygens (including phenoxy) is 1. The standard InChI is InChI=1S/C10H10ClN3O3/c1-3-17-10(16)6-4-5-7(12-6)9(15)14(2)13-8(5)11/h4,12H,3H2,1-2H3. The molecule has 0 amide bonds. The minimum absolute atomic E-state index is 0.161. The van der Waals surface area contributed by atoms with E-state index in [1.54, 1.807) is 6.92 Å². The fourth-order valence-electron chi connectivity index (χ4n) is 1.50. The van der Waals surface area contributed by atoms with Gasteiger partial charge in [0.15, 0.2) is 5.15 Å². The van der Waals surface area contributed by atoms with Crippen molar-refractivity contribution in [2.45, 2.75) is 6.92 Å². The summed E-state index contributed by atoms with van der Waals surface area (Å²) in [6, 6.07) is 1.46. The second kappa shape index (κ2) is 4.21. The molecule has 0 bridgehead atoms. The number of aryl methyl sites for hydroxylation is 1. The highest BCUT2D eigenvalue weighted by atomic mass is 35.5. The van der Waals surface area contributed by atoms with Crippen LogP contribution < -0.4 is 5.56 Å². The number of hydrogen-bond donors (Lipinski definition) is 1. The maximum Gasteiger partial charge on any atom is 0.354 e. The molecule has 2 rings (SSSR count). The molecule has 17 heavy (non-hydrogen) atoms. The Morgan fingerprint density at radius 1 is 1.65 bits per heavy atom. The van der Waals surface area contributed by atoms with Crippen molar-refractivity contribution in [3.8, 4) is 0 Å². The molecule has 0 aliphatic heterocycles. The Morgan fingerprint density at radius 3 is 3.00 bits per heavy atom. The van der Waals surface area contributed by atoms with E-state index in [9.17, 15) is 9.59 Å². The number of nitrogens with zero attached hydrogens (tertiary/aromatic N) is 2. The molecule has 2 aromatic heterocycles. The van der Waals surface area contributed by atoms with Gasteiger partial charge in [0.1, 0.15) is 11.2 Å². The molecule has 0 unspecified atom stereocenters. The Morgan fingerprint density at radius 2 is 2.35 bits per heavy atom. The van der Waals surface area contributed by atoms with Crippen LogP contribution in [0.15, 0.2) is 10.9 Å². The monoisotopic (exact) mass is 255 g/mol. The molecule has 0 saturated heterocycles. The lowest BCUT2D eigenvalue weighted by atomic mass is 10.3. The highest BCUT2D eigenvalue weighted by Gasteiger charge is 2.15. The summed E-state index contributed by atoms with van der Waals surface area (Å²) >= 11 is 5.89. The molecule has 0 aliphatic rings. The van der Waals surface area contributed by atoms with Gasteiger partial charge >= 0.3 is 5.97 Å². The van der Waals surface area contributed by atoms with Gasteiger partial charge in [0.25, 0.3) is 5.56 Å². The third kappa shape index (κ3) is 1.91. The number of H-pyrrole nitrogens is 1. The molecule has 0 aromatic carbocycles. The van der Waals surface area contributed by atoms with Gasteiger partial charge in [-0.2, -0.15) is 5.10 Å². The van der Waals surface area contributed by atoms with E-state index >= 15 is 0 Å². The van der Waals surface area contributed by atoms with E-state index in [0.29, 0.717) is 5.39 Å². The van der Waals surface area contributed by atoms with Crippen molar-refractivity contribution in [2.24, 2.45) is 7.05 Å². The van der Waals surface area contributed by atoms with Crippen LogP contribution in [0, 0.1) is 0 Å². The van der Waals surface area contributed by atoms with Crippen LogP contribution in [0.25, 0.3) is 10.9 Å². The summed E-state index contributed by atoms with van der Waals surface area (Å²) in [5.74, 6) is -0.526. The number of halogens is 1. The Kier molecular flexibility index (Phi) is 2.89.